The zero-order valence-electron chi connectivity index (χ0n) is 14.7. The van der Waals surface area contributed by atoms with Gasteiger partial charge >= 0.3 is 6.09 Å². The van der Waals surface area contributed by atoms with Gasteiger partial charge in [-0.25, -0.2) is 4.79 Å². The average Bonchev–Trinajstić information content (AvgIpc) is 2.58. The van der Waals surface area contributed by atoms with Crippen molar-refractivity contribution in [2.24, 2.45) is 0 Å². The van der Waals surface area contributed by atoms with Crippen LogP contribution in [-0.4, -0.2) is 19.1 Å². The number of carbonyl (C=O) groups excluding carboxylic acids is 2. The SMILES string of the molecule is CC.CC.COC(=O)Nc1cccc2c(NC(C)=O)cccc12. The summed E-state index contributed by atoms with van der Waals surface area (Å²) < 4.78 is 4.58. The molecular weight excluding hydrogens is 292 g/mol. The maximum absolute atomic E-state index is 11.3. The van der Waals surface area contributed by atoms with Gasteiger partial charge in [0.25, 0.3) is 0 Å². The van der Waals surface area contributed by atoms with Gasteiger partial charge in [-0.3, -0.25) is 10.1 Å². The van der Waals surface area contributed by atoms with Gasteiger partial charge in [-0.05, 0) is 12.1 Å². The first-order valence-corrected chi connectivity index (χ1v) is 7.76. The molecule has 2 rings (SSSR count). The molecule has 0 fully saturated rings. The van der Waals surface area contributed by atoms with E-state index in [0.29, 0.717) is 11.4 Å². The quantitative estimate of drug-likeness (QED) is 0.816. The first kappa shape index (κ1) is 20.4. The van der Waals surface area contributed by atoms with Gasteiger partial charge in [0.05, 0.1) is 12.8 Å². The minimum absolute atomic E-state index is 0.140. The third-order valence-corrected chi connectivity index (χ3v) is 2.65. The highest BCUT2D eigenvalue weighted by molar-refractivity contribution is 6.07. The molecule has 2 N–H and O–H groups in total. The number of benzene rings is 2. The molecule has 5 heteroatoms. The molecule has 0 aromatic heterocycles. The number of nitrogens with one attached hydrogen (secondary N) is 2. The summed E-state index contributed by atoms with van der Waals surface area (Å²) in [6.45, 7) is 9.45. The molecule has 0 saturated heterocycles. The summed E-state index contributed by atoms with van der Waals surface area (Å²) in [6, 6.07) is 11.0. The summed E-state index contributed by atoms with van der Waals surface area (Å²) in [5, 5.41) is 7.09. The van der Waals surface area contributed by atoms with Gasteiger partial charge in [0.1, 0.15) is 0 Å². The number of methoxy groups -OCH3 is 1. The van der Waals surface area contributed by atoms with Crippen LogP contribution in [0.5, 0.6) is 0 Å². The third-order valence-electron chi connectivity index (χ3n) is 2.65. The second-order valence-corrected chi connectivity index (χ2v) is 4.00. The Morgan fingerprint density at radius 1 is 0.826 bits per heavy atom. The van der Waals surface area contributed by atoms with Crippen LogP contribution in [0.4, 0.5) is 16.2 Å². The van der Waals surface area contributed by atoms with Crippen LogP contribution < -0.4 is 10.6 Å². The number of carbonyl (C=O) groups is 2. The monoisotopic (exact) mass is 318 g/mol. The molecule has 0 aliphatic heterocycles. The molecule has 0 bridgehead atoms. The number of ether oxygens (including phenoxy) is 1. The number of amides is 2. The summed E-state index contributed by atoms with van der Waals surface area (Å²) in [7, 11) is 1.31. The smallest absolute Gasteiger partial charge is 0.411 e. The minimum atomic E-state index is -0.530. The Morgan fingerprint density at radius 3 is 1.65 bits per heavy atom. The fourth-order valence-electron chi connectivity index (χ4n) is 1.88. The van der Waals surface area contributed by atoms with E-state index in [1.54, 1.807) is 12.1 Å². The first-order valence-electron chi connectivity index (χ1n) is 7.76. The predicted molar refractivity (Wildman–Crippen MR) is 97.0 cm³/mol. The number of hydrogen-bond acceptors (Lipinski definition) is 3. The van der Waals surface area contributed by atoms with Crippen LogP contribution in [0.15, 0.2) is 36.4 Å². The van der Waals surface area contributed by atoms with Gasteiger partial charge in [0.2, 0.25) is 5.91 Å². The van der Waals surface area contributed by atoms with E-state index in [2.05, 4.69) is 15.4 Å². The van der Waals surface area contributed by atoms with Crippen LogP contribution in [0.2, 0.25) is 0 Å². The maximum atomic E-state index is 11.3. The maximum Gasteiger partial charge on any atom is 0.411 e. The van der Waals surface area contributed by atoms with Gasteiger partial charge in [0.15, 0.2) is 0 Å². The van der Waals surface area contributed by atoms with Crippen molar-refractivity contribution in [3.63, 3.8) is 0 Å². The molecule has 0 unspecified atom stereocenters. The molecule has 2 aromatic carbocycles. The van der Waals surface area contributed by atoms with E-state index in [0.717, 1.165) is 10.8 Å². The highest BCUT2D eigenvalue weighted by Gasteiger charge is 2.08. The molecule has 2 aromatic rings. The molecular formula is C18H26N2O3. The van der Waals surface area contributed by atoms with Crippen molar-refractivity contribution in [3.05, 3.63) is 36.4 Å². The number of hydrogen-bond donors (Lipinski definition) is 2. The van der Waals surface area contributed by atoms with E-state index < -0.39 is 6.09 Å². The van der Waals surface area contributed by atoms with E-state index in [1.165, 1.54) is 14.0 Å². The lowest BCUT2D eigenvalue weighted by atomic mass is 10.1. The molecule has 0 spiro atoms. The van der Waals surface area contributed by atoms with Gasteiger partial charge < -0.3 is 10.1 Å². The van der Waals surface area contributed by atoms with Crippen molar-refractivity contribution in [2.45, 2.75) is 34.6 Å². The molecule has 0 heterocycles. The highest BCUT2D eigenvalue weighted by Crippen LogP contribution is 2.29. The summed E-state index contributed by atoms with van der Waals surface area (Å²) in [4.78, 5) is 22.4. The Bertz CT molecular complexity index is 639. The van der Waals surface area contributed by atoms with Crippen LogP contribution in [-0.2, 0) is 9.53 Å². The number of fused-ring (bicyclic) bond motifs is 1. The molecule has 2 amide bonds. The van der Waals surface area contributed by atoms with Crippen molar-refractivity contribution in [3.8, 4) is 0 Å². The van der Waals surface area contributed by atoms with E-state index in [1.807, 2.05) is 52.0 Å². The van der Waals surface area contributed by atoms with Crippen molar-refractivity contribution in [1.29, 1.82) is 0 Å². The molecule has 0 radical (unpaired) electrons. The Morgan fingerprint density at radius 2 is 1.26 bits per heavy atom. The van der Waals surface area contributed by atoms with Crippen molar-refractivity contribution >= 4 is 34.1 Å². The number of anilines is 2. The van der Waals surface area contributed by atoms with Crippen molar-refractivity contribution in [2.75, 3.05) is 17.7 Å². The second kappa shape index (κ2) is 11.1. The van der Waals surface area contributed by atoms with Gasteiger partial charge in [-0.2, -0.15) is 0 Å². The van der Waals surface area contributed by atoms with Gasteiger partial charge in [-0.1, -0.05) is 52.0 Å². The molecule has 0 atom stereocenters. The summed E-state index contributed by atoms with van der Waals surface area (Å²) in [5.41, 5.74) is 1.34. The topological polar surface area (TPSA) is 67.4 Å². The molecule has 5 nitrogen and oxygen atoms in total. The van der Waals surface area contributed by atoms with E-state index in [4.69, 9.17) is 0 Å². The third kappa shape index (κ3) is 5.98. The molecule has 126 valence electrons. The fourth-order valence-corrected chi connectivity index (χ4v) is 1.88. The predicted octanol–water partition coefficient (Wildman–Crippen LogP) is 5.03. The molecule has 0 aliphatic rings. The average molecular weight is 318 g/mol. The molecule has 0 aliphatic carbocycles. The summed E-state index contributed by atoms with van der Waals surface area (Å²) in [6.07, 6.45) is -0.530. The first-order chi connectivity index (χ1) is 11.1. The fraction of sp³-hybridized carbons (Fsp3) is 0.333. The zero-order chi connectivity index (χ0) is 17.8. The lowest BCUT2D eigenvalue weighted by Gasteiger charge is -2.11. The summed E-state index contributed by atoms with van der Waals surface area (Å²) in [5.74, 6) is -0.140. The largest absolute Gasteiger partial charge is 0.453 e. The van der Waals surface area contributed by atoms with Crippen molar-refractivity contribution in [1.82, 2.24) is 0 Å². The highest BCUT2D eigenvalue weighted by atomic mass is 16.5. The lowest BCUT2D eigenvalue weighted by molar-refractivity contribution is -0.114. The second-order valence-electron chi connectivity index (χ2n) is 4.00. The van der Waals surface area contributed by atoms with E-state index in [9.17, 15) is 9.59 Å². The van der Waals surface area contributed by atoms with E-state index in [-0.39, 0.29) is 5.91 Å². The minimum Gasteiger partial charge on any atom is -0.453 e. The van der Waals surface area contributed by atoms with Gasteiger partial charge in [-0.15, -0.1) is 0 Å². The molecule has 23 heavy (non-hydrogen) atoms. The summed E-state index contributed by atoms with van der Waals surface area (Å²) >= 11 is 0. The van der Waals surface area contributed by atoms with Gasteiger partial charge in [0, 0.05) is 23.4 Å². The lowest BCUT2D eigenvalue weighted by Crippen LogP contribution is -2.11. The Balaban J connectivity index is 0.00000112. The van der Waals surface area contributed by atoms with Crippen LogP contribution in [0.3, 0.4) is 0 Å². The van der Waals surface area contributed by atoms with Crippen LogP contribution >= 0.6 is 0 Å². The Labute approximate surface area is 138 Å². The van der Waals surface area contributed by atoms with Crippen LogP contribution in [0, 0.1) is 0 Å². The normalized spacial score (nSPS) is 8.78. The number of rotatable bonds is 2. The van der Waals surface area contributed by atoms with Crippen molar-refractivity contribution < 1.29 is 14.3 Å². The standard InChI is InChI=1S/C14H14N2O3.2C2H6/c1-9(17)15-12-7-3-6-11-10(12)5-4-8-13(11)16-14(18)19-2;2*1-2/h3-8H,1-2H3,(H,15,17)(H,16,18);2*1-2H3. The van der Waals surface area contributed by atoms with Crippen LogP contribution in [0.25, 0.3) is 10.8 Å². The van der Waals surface area contributed by atoms with Crippen LogP contribution in [0.1, 0.15) is 34.6 Å². The zero-order valence-corrected chi connectivity index (χ0v) is 14.7. The van der Waals surface area contributed by atoms with E-state index >= 15 is 0 Å². The molecule has 0 saturated carbocycles. The Hall–Kier alpha value is -2.56. The Kier molecular flexibility index (Phi) is 9.83.